The maximum absolute atomic E-state index is 7.28. The van der Waals surface area contributed by atoms with Gasteiger partial charge in [0.25, 0.3) is 0 Å². The third-order valence-corrected chi connectivity index (χ3v) is 11.3. The van der Waals surface area contributed by atoms with Crippen molar-refractivity contribution in [3.8, 4) is 22.3 Å². The summed E-state index contributed by atoms with van der Waals surface area (Å²) in [5.74, 6) is 7.28. The average Bonchev–Trinajstić information content (AvgIpc) is 3.73. The molecule has 0 aliphatic heterocycles. The summed E-state index contributed by atoms with van der Waals surface area (Å²) >= 11 is 0. The van der Waals surface area contributed by atoms with Crippen LogP contribution in [0.25, 0.3) is 44.1 Å². The molecule has 264 valence electrons. The molecule has 1 heterocycles. The summed E-state index contributed by atoms with van der Waals surface area (Å²) in [6.07, 6.45) is 0. The Kier molecular flexibility index (Phi) is 8.14. The highest BCUT2D eigenvalue weighted by Crippen LogP contribution is 2.57. The lowest BCUT2D eigenvalue weighted by molar-refractivity contribution is 0.188. The summed E-state index contributed by atoms with van der Waals surface area (Å²) in [6, 6.07) is 74.5. The molecule has 0 saturated carbocycles. The highest BCUT2D eigenvalue weighted by molar-refractivity contribution is 6.12. The van der Waals surface area contributed by atoms with Crippen LogP contribution in [-0.2, 0) is 18.5 Å². The molecule has 9 aromatic rings. The minimum Gasteiger partial charge on any atom is -0.249 e. The number of aromatic nitrogens is 1. The largest absolute Gasteiger partial charge is 0.249 e. The van der Waals surface area contributed by atoms with E-state index >= 15 is 0 Å². The standard InChI is InChI=1S/C51H40N4/c52-53(35-37-18-6-1-7-19-37)54(36-38-20-8-2-9-21-38)55-49-32-40(39-22-10-3-11-23-39)30-31-44(49)46-33-45-43-28-16-17-29-47(43)51(48(45)34-50(46)55,41-24-12-4-13-25-41)42-26-14-5-15-27-42/h1-34H,35-36,52H2. The second-order valence-corrected chi connectivity index (χ2v) is 14.5. The van der Waals surface area contributed by atoms with E-state index in [1.165, 1.54) is 49.7 Å². The number of fused-ring (bicyclic) bond motifs is 6. The summed E-state index contributed by atoms with van der Waals surface area (Å²) in [6.45, 7) is 1.10. The van der Waals surface area contributed by atoms with Gasteiger partial charge < -0.3 is 0 Å². The van der Waals surface area contributed by atoms with E-state index in [4.69, 9.17) is 5.84 Å². The van der Waals surface area contributed by atoms with Crippen molar-refractivity contribution in [3.05, 3.63) is 240 Å². The van der Waals surface area contributed by atoms with Gasteiger partial charge in [0.15, 0.2) is 0 Å². The van der Waals surface area contributed by atoms with E-state index in [1.54, 1.807) is 0 Å². The van der Waals surface area contributed by atoms with Gasteiger partial charge in [-0.05, 0) is 73.8 Å². The lowest BCUT2D eigenvalue weighted by atomic mass is 9.67. The fourth-order valence-electron chi connectivity index (χ4n) is 8.87. The summed E-state index contributed by atoms with van der Waals surface area (Å²) in [5, 5.41) is 6.47. The van der Waals surface area contributed by atoms with Crippen LogP contribution < -0.4 is 11.0 Å². The van der Waals surface area contributed by atoms with Gasteiger partial charge in [-0.3, -0.25) is 0 Å². The Bertz CT molecular complexity index is 2720. The van der Waals surface area contributed by atoms with Crippen LogP contribution in [0.3, 0.4) is 0 Å². The molecule has 0 atom stereocenters. The zero-order valence-corrected chi connectivity index (χ0v) is 30.5. The minimum absolute atomic E-state index is 0.529. The zero-order chi connectivity index (χ0) is 36.8. The highest BCUT2D eigenvalue weighted by atomic mass is 15.9. The number of hydrogen-bond donors (Lipinski definition) is 1. The van der Waals surface area contributed by atoms with Crippen LogP contribution in [0.15, 0.2) is 206 Å². The molecule has 4 nitrogen and oxygen atoms in total. The van der Waals surface area contributed by atoms with Gasteiger partial charge >= 0.3 is 0 Å². The number of benzene rings is 8. The van der Waals surface area contributed by atoms with Gasteiger partial charge in [-0.2, -0.15) is 0 Å². The minimum atomic E-state index is -0.532. The van der Waals surface area contributed by atoms with Gasteiger partial charge in [0.1, 0.15) is 0 Å². The summed E-state index contributed by atoms with van der Waals surface area (Å²) < 4.78 is 2.37. The van der Waals surface area contributed by atoms with Gasteiger partial charge in [0.2, 0.25) is 0 Å². The lowest BCUT2D eigenvalue weighted by Gasteiger charge is -2.36. The van der Waals surface area contributed by atoms with Gasteiger partial charge in [0.05, 0.1) is 29.5 Å². The fourth-order valence-corrected chi connectivity index (χ4v) is 8.87. The van der Waals surface area contributed by atoms with Gasteiger partial charge in [-0.25, -0.2) is 15.6 Å². The summed E-state index contributed by atoms with van der Waals surface area (Å²) in [7, 11) is 0. The molecule has 0 fully saturated rings. The van der Waals surface area contributed by atoms with E-state index in [1.807, 2.05) is 5.12 Å². The van der Waals surface area contributed by atoms with Crippen molar-refractivity contribution in [1.82, 2.24) is 9.79 Å². The van der Waals surface area contributed by atoms with E-state index in [0.717, 1.165) is 27.7 Å². The molecule has 1 aliphatic rings. The first-order valence-corrected chi connectivity index (χ1v) is 19.0. The van der Waals surface area contributed by atoms with Gasteiger partial charge in [-0.1, -0.05) is 188 Å². The molecule has 0 spiro atoms. The predicted octanol–water partition coefficient (Wildman–Crippen LogP) is 11.3. The van der Waals surface area contributed by atoms with Crippen molar-refractivity contribution >= 4 is 21.8 Å². The Hall–Kier alpha value is -6.72. The molecule has 55 heavy (non-hydrogen) atoms. The first kappa shape index (κ1) is 32.9. The number of rotatable bonds is 9. The molecule has 1 aromatic heterocycles. The van der Waals surface area contributed by atoms with E-state index < -0.39 is 5.41 Å². The first-order valence-electron chi connectivity index (χ1n) is 19.0. The Balaban J connectivity index is 1.31. The van der Waals surface area contributed by atoms with Crippen LogP contribution in [0.4, 0.5) is 0 Å². The fraction of sp³-hybridized carbons (Fsp3) is 0.0588. The number of hydrazine groups is 2. The van der Waals surface area contributed by atoms with Crippen LogP contribution in [0, 0.1) is 0 Å². The molecule has 0 radical (unpaired) electrons. The van der Waals surface area contributed by atoms with Crippen molar-refractivity contribution in [3.63, 3.8) is 0 Å². The van der Waals surface area contributed by atoms with E-state index in [-0.39, 0.29) is 0 Å². The lowest BCUT2D eigenvalue weighted by Crippen LogP contribution is -2.52. The van der Waals surface area contributed by atoms with Crippen LogP contribution in [0.1, 0.15) is 33.4 Å². The highest BCUT2D eigenvalue weighted by Gasteiger charge is 2.46. The molecule has 0 saturated heterocycles. The van der Waals surface area contributed by atoms with E-state index in [9.17, 15) is 0 Å². The topological polar surface area (TPSA) is 37.4 Å². The maximum atomic E-state index is 7.28. The van der Waals surface area contributed by atoms with Crippen LogP contribution in [0.2, 0.25) is 0 Å². The van der Waals surface area contributed by atoms with E-state index in [2.05, 4.69) is 216 Å². The second-order valence-electron chi connectivity index (χ2n) is 14.5. The normalized spacial score (nSPS) is 12.9. The van der Waals surface area contributed by atoms with Crippen molar-refractivity contribution in [2.24, 2.45) is 5.84 Å². The van der Waals surface area contributed by atoms with Crippen LogP contribution >= 0.6 is 0 Å². The molecule has 0 bridgehead atoms. The number of hydrogen-bond acceptors (Lipinski definition) is 3. The molecule has 8 aromatic carbocycles. The predicted molar refractivity (Wildman–Crippen MR) is 227 cm³/mol. The van der Waals surface area contributed by atoms with Crippen molar-refractivity contribution < 1.29 is 0 Å². The Morgan fingerprint density at radius 3 is 1.58 bits per heavy atom. The van der Waals surface area contributed by atoms with Crippen molar-refractivity contribution in [2.75, 3.05) is 5.12 Å². The van der Waals surface area contributed by atoms with Crippen molar-refractivity contribution in [2.45, 2.75) is 18.5 Å². The summed E-state index contributed by atoms with van der Waals surface area (Å²) in [5.41, 5.74) is 13.9. The Labute approximate surface area is 321 Å². The zero-order valence-electron chi connectivity index (χ0n) is 30.5. The molecule has 10 rings (SSSR count). The second kappa shape index (κ2) is 13.6. The molecule has 4 heteroatoms. The molecule has 0 amide bonds. The SMILES string of the molecule is NN(Cc1ccccc1)N(Cc1ccccc1)n1c2cc(-c3ccccc3)ccc2c2cc3c(cc21)C(c1ccccc1)(c1ccccc1)c1ccccc1-3. The third-order valence-electron chi connectivity index (χ3n) is 11.3. The molecular weight excluding hydrogens is 669 g/mol. The third kappa shape index (κ3) is 5.46. The Morgan fingerprint density at radius 1 is 0.418 bits per heavy atom. The number of nitrogens with zero attached hydrogens (tertiary/aromatic N) is 3. The Morgan fingerprint density at radius 2 is 0.945 bits per heavy atom. The smallest absolute Gasteiger partial charge is 0.0784 e. The first-order chi connectivity index (χ1) is 27.2. The summed E-state index contributed by atoms with van der Waals surface area (Å²) in [4.78, 5) is 0. The van der Waals surface area contributed by atoms with Gasteiger partial charge in [-0.15, -0.1) is 5.12 Å². The molecule has 0 unspecified atom stereocenters. The maximum Gasteiger partial charge on any atom is 0.0784 e. The quantitative estimate of drug-likeness (QED) is 0.120. The number of nitrogens with two attached hydrogens (primary N) is 1. The van der Waals surface area contributed by atoms with Crippen LogP contribution in [-0.4, -0.2) is 9.79 Å². The van der Waals surface area contributed by atoms with Crippen LogP contribution in [0.5, 0.6) is 0 Å². The molecule has 2 N–H and O–H groups in total. The van der Waals surface area contributed by atoms with E-state index in [0.29, 0.717) is 13.1 Å². The monoisotopic (exact) mass is 708 g/mol. The average molecular weight is 709 g/mol. The van der Waals surface area contributed by atoms with Gasteiger partial charge in [0, 0.05) is 10.8 Å². The molecule has 1 aliphatic carbocycles. The molecular formula is C51H40N4. The van der Waals surface area contributed by atoms with Crippen molar-refractivity contribution in [1.29, 1.82) is 0 Å².